The van der Waals surface area contributed by atoms with Gasteiger partial charge >= 0.3 is 11.9 Å². The fourth-order valence-corrected chi connectivity index (χ4v) is 4.23. The minimum Gasteiger partial charge on any atom is -0.489 e. The SMILES string of the molecule is O=C(O)c1cccc(COc2cccc(-c3ccc4ccn(Cc5cccc(C(=O)O)c5)c4c3)c2)c1. The summed E-state index contributed by atoms with van der Waals surface area (Å²) in [5.74, 6) is -1.21. The van der Waals surface area contributed by atoms with Gasteiger partial charge in [0.05, 0.1) is 11.1 Å². The lowest BCUT2D eigenvalue weighted by atomic mass is 10.0. The average Bonchev–Trinajstić information content (AvgIpc) is 3.29. The predicted octanol–water partition coefficient (Wildman–Crippen LogP) is 6.33. The maximum Gasteiger partial charge on any atom is 0.335 e. The van der Waals surface area contributed by atoms with Gasteiger partial charge in [-0.25, -0.2) is 9.59 Å². The van der Waals surface area contributed by atoms with Gasteiger partial charge in [0.1, 0.15) is 12.4 Å². The van der Waals surface area contributed by atoms with E-state index in [4.69, 9.17) is 4.74 Å². The van der Waals surface area contributed by atoms with E-state index in [2.05, 4.69) is 22.8 Å². The summed E-state index contributed by atoms with van der Waals surface area (Å²) in [6, 6.07) is 29.8. The van der Waals surface area contributed by atoms with Crippen LogP contribution >= 0.6 is 0 Å². The molecule has 4 aromatic carbocycles. The minimum atomic E-state index is -0.964. The molecule has 0 amide bonds. The Morgan fingerprint density at radius 2 is 1.36 bits per heavy atom. The van der Waals surface area contributed by atoms with Gasteiger partial charge < -0.3 is 19.5 Å². The summed E-state index contributed by atoms with van der Waals surface area (Å²) in [5, 5.41) is 19.6. The van der Waals surface area contributed by atoms with E-state index < -0.39 is 11.9 Å². The van der Waals surface area contributed by atoms with Gasteiger partial charge in [0.25, 0.3) is 0 Å². The van der Waals surface area contributed by atoms with Crippen molar-refractivity contribution in [2.75, 3.05) is 0 Å². The van der Waals surface area contributed by atoms with Gasteiger partial charge in [-0.2, -0.15) is 0 Å². The maximum atomic E-state index is 11.3. The molecule has 0 bridgehead atoms. The summed E-state index contributed by atoms with van der Waals surface area (Å²) in [6.07, 6.45) is 2.01. The molecule has 5 aromatic rings. The van der Waals surface area contributed by atoms with E-state index in [1.165, 1.54) is 0 Å². The van der Waals surface area contributed by atoms with E-state index in [0.717, 1.165) is 33.2 Å². The minimum absolute atomic E-state index is 0.232. The number of aromatic carboxylic acids is 2. The van der Waals surface area contributed by atoms with E-state index in [-0.39, 0.29) is 17.7 Å². The number of carboxylic acid groups (broad SMARTS) is 2. The Bertz CT molecular complexity index is 1580. The lowest BCUT2D eigenvalue weighted by molar-refractivity contribution is 0.0686. The number of hydrogen-bond donors (Lipinski definition) is 2. The van der Waals surface area contributed by atoms with E-state index in [1.807, 2.05) is 48.7 Å². The fourth-order valence-electron chi connectivity index (χ4n) is 4.23. The number of fused-ring (bicyclic) bond motifs is 1. The number of benzene rings is 4. The highest BCUT2D eigenvalue weighted by molar-refractivity contribution is 5.88. The second kappa shape index (κ2) is 9.80. The van der Waals surface area contributed by atoms with E-state index in [0.29, 0.717) is 12.3 Å². The van der Waals surface area contributed by atoms with Crippen LogP contribution in [0.4, 0.5) is 0 Å². The summed E-state index contributed by atoms with van der Waals surface area (Å²) in [5.41, 5.74) is 5.28. The van der Waals surface area contributed by atoms with Gasteiger partial charge in [0.15, 0.2) is 0 Å². The molecular weight excluding hydrogens is 454 g/mol. The van der Waals surface area contributed by atoms with Crippen molar-refractivity contribution in [2.24, 2.45) is 0 Å². The zero-order valence-corrected chi connectivity index (χ0v) is 19.3. The molecule has 0 aliphatic heterocycles. The first-order valence-electron chi connectivity index (χ1n) is 11.4. The molecule has 6 heteroatoms. The number of carbonyl (C=O) groups is 2. The van der Waals surface area contributed by atoms with Crippen LogP contribution in [0.15, 0.2) is 103 Å². The lowest BCUT2D eigenvalue weighted by Crippen LogP contribution is -2.01. The third-order valence-electron chi connectivity index (χ3n) is 6.05. The Morgan fingerprint density at radius 3 is 2.11 bits per heavy atom. The monoisotopic (exact) mass is 477 g/mol. The van der Waals surface area contributed by atoms with Crippen LogP contribution in [0.2, 0.25) is 0 Å². The molecule has 0 aliphatic rings. The van der Waals surface area contributed by atoms with Crippen molar-refractivity contribution in [2.45, 2.75) is 13.2 Å². The zero-order chi connectivity index (χ0) is 25.1. The number of hydrogen-bond acceptors (Lipinski definition) is 3. The molecule has 0 saturated carbocycles. The number of ether oxygens (including phenoxy) is 1. The molecule has 1 heterocycles. The van der Waals surface area contributed by atoms with Crippen LogP contribution in [0.5, 0.6) is 5.75 Å². The highest BCUT2D eigenvalue weighted by atomic mass is 16.5. The standard InChI is InChI=1S/C30H23NO5/c32-29(33)25-7-1-4-20(14-25)18-31-13-12-22-10-11-24(17-28(22)31)23-6-3-9-27(16-23)36-19-21-5-2-8-26(15-21)30(34)35/h1-17H,18-19H2,(H,32,33)(H,34,35). The zero-order valence-electron chi connectivity index (χ0n) is 19.3. The number of rotatable bonds is 8. The topological polar surface area (TPSA) is 88.8 Å². The molecular formula is C30H23NO5. The maximum absolute atomic E-state index is 11.3. The summed E-state index contributed by atoms with van der Waals surface area (Å²) >= 11 is 0. The number of aromatic nitrogens is 1. The fraction of sp³-hybridized carbons (Fsp3) is 0.0667. The van der Waals surface area contributed by atoms with E-state index in [1.54, 1.807) is 36.4 Å². The van der Waals surface area contributed by atoms with Crippen LogP contribution in [-0.2, 0) is 13.2 Å². The molecule has 0 atom stereocenters. The quantitative estimate of drug-likeness (QED) is 0.273. The van der Waals surface area contributed by atoms with Crippen molar-refractivity contribution < 1.29 is 24.5 Å². The van der Waals surface area contributed by atoms with Crippen molar-refractivity contribution in [1.82, 2.24) is 4.57 Å². The van der Waals surface area contributed by atoms with Crippen LogP contribution < -0.4 is 4.74 Å². The van der Waals surface area contributed by atoms with Crippen LogP contribution in [0.1, 0.15) is 31.8 Å². The number of carboxylic acids is 2. The molecule has 2 N–H and O–H groups in total. The Balaban J connectivity index is 1.38. The Hall–Kier alpha value is -4.84. The largest absolute Gasteiger partial charge is 0.489 e. The molecule has 0 saturated heterocycles. The predicted molar refractivity (Wildman–Crippen MR) is 138 cm³/mol. The highest BCUT2D eigenvalue weighted by Gasteiger charge is 2.09. The molecule has 0 fully saturated rings. The third-order valence-corrected chi connectivity index (χ3v) is 6.05. The summed E-state index contributed by atoms with van der Waals surface area (Å²) in [7, 11) is 0. The first kappa shape index (κ1) is 22.9. The van der Waals surface area contributed by atoms with Gasteiger partial charge in [0.2, 0.25) is 0 Å². The van der Waals surface area contributed by atoms with Crippen LogP contribution in [0, 0.1) is 0 Å². The summed E-state index contributed by atoms with van der Waals surface area (Å²) in [6.45, 7) is 0.828. The third kappa shape index (κ3) is 4.98. The molecule has 36 heavy (non-hydrogen) atoms. The first-order chi connectivity index (χ1) is 17.5. The Labute approximate surface area is 207 Å². The van der Waals surface area contributed by atoms with Crippen molar-refractivity contribution in [3.63, 3.8) is 0 Å². The highest BCUT2D eigenvalue weighted by Crippen LogP contribution is 2.28. The lowest BCUT2D eigenvalue weighted by Gasteiger charge is -2.10. The summed E-state index contributed by atoms with van der Waals surface area (Å²) in [4.78, 5) is 22.5. The van der Waals surface area contributed by atoms with Gasteiger partial charge in [-0.1, -0.05) is 48.5 Å². The molecule has 0 spiro atoms. The molecule has 0 radical (unpaired) electrons. The van der Waals surface area contributed by atoms with Gasteiger partial charge in [-0.3, -0.25) is 0 Å². The molecule has 0 aliphatic carbocycles. The average molecular weight is 478 g/mol. The van der Waals surface area contributed by atoms with Crippen molar-refractivity contribution in [1.29, 1.82) is 0 Å². The Morgan fingerprint density at radius 1 is 0.694 bits per heavy atom. The molecule has 6 nitrogen and oxygen atoms in total. The molecule has 0 unspecified atom stereocenters. The Kier molecular flexibility index (Phi) is 6.24. The van der Waals surface area contributed by atoms with E-state index in [9.17, 15) is 19.8 Å². The van der Waals surface area contributed by atoms with Crippen LogP contribution in [0.3, 0.4) is 0 Å². The molecule has 178 valence electrons. The van der Waals surface area contributed by atoms with Crippen molar-refractivity contribution in [3.8, 4) is 16.9 Å². The van der Waals surface area contributed by atoms with Gasteiger partial charge in [-0.05, 0) is 76.2 Å². The second-order valence-corrected chi connectivity index (χ2v) is 8.54. The van der Waals surface area contributed by atoms with E-state index >= 15 is 0 Å². The van der Waals surface area contributed by atoms with Crippen molar-refractivity contribution >= 4 is 22.8 Å². The van der Waals surface area contributed by atoms with Gasteiger partial charge in [-0.15, -0.1) is 0 Å². The van der Waals surface area contributed by atoms with Gasteiger partial charge in [0, 0.05) is 18.3 Å². The van der Waals surface area contributed by atoms with Crippen LogP contribution in [0.25, 0.3) is 22.0 Å². The first-order valence-corrected chi connectivity index (χ1v) is 11.4. The van der Waals surface area contributed by atoms with Crippen molar-refractivity contribution in [3.05, 3.63) is 126 Å². The number of nitrogens with zero attached hydrogens (tertiary/aromatic N) is 1. The van der Waals surface area contributed by atoms with Crippen LogP contribution in [-0.4, -0.2) is 26.7 Å². The second-order valence-electron chi connectivity index (χ2n) is 8.54. The molecule has 5 rings (SSSR count). The summed E-state index contributed by atoms with van der Waals surface area (Å²) < 4.78 is 8.06. The smallest absolute Gasteiger partial charge is 0.335 e. The molecule has 1 aromatic heterocycles. The normalized spacial score (nSPS) is 10.9.